The van der Waals surface area contributed by atoms with E-state index < -0.39 is 74.2 Å². The summed E-state index contributed by atoms with van der Waals surface area (Å²) in [6.45, 7) is 2.59. The van der Waals surface area contributed by atoms with Crippen LogP contribution in [-0.2, 0) is 14.2 Å². The smallest absolute Gasteiger partial charge is 0.157 e. The molecule has 2 aliphatic rings. The van der Waals surface area contributed by atoms with Crippen LogP contribution in [0.3, 0.4) is 0 Å². The van der Waals surface area contributed by atoms with Crippen LogP contribution in [0.2, 0.25) is 0 Å². The van der Waals surface area contributed by atoms with E-state index in [-0.39, 0.29) is 13.2 Å². The Bertz CT molecular complexity index is 763. The van der Waals surface area contributed by atoms with Gasteiger partial charge < -0.3 is 55.3 Å². The molecule has 8 N–H and O–H groups in total. The summed E-state index contributed by atoms with van der Waals surface area (Å²) in [6, 6.07) is 5.64. The van der Waals surface area contributed by atoms with Gasteiger partial charge in [0.15, 0.2) is 6.23 Å². The van der Waals surface area contributed by atoms with Gasteiger partial charge in [-0.05, 0) is 37.1 Å². The van der Waals surface area contributed by atoms with Crippen LogP contribution in [0.4, 0.5) is 5.69 Å². The van der Waals surface area contributed by atoms with Gasteiger partial charge in [0.25, 0.3) is 0 Å². The highest BCUT2D eigenvalue weighted by molar-refractivity contribution is 5.48. The third-order valence-corrected chi connectivity index (χ3v) is 6.48. The van der Waals surface area contributed by atoms with Crippen molar-refractivity contribution in [2.45, 2.75) is 68.9 Å². The SMILES string of the molecule is Cc1ccc(N[C@@H]2O[C@H](CO)[C@@H](COC[C@H]3O[C@H](CO)[C@@H](O)[C@H](O)[C@H]3O)[C@H](O)[C@H]2O)cc1C. The lowest BCUT2D eigenvalue weighted by Gasteiger charge is -2.43. The third-order valence-electron chi connectivity index (χ3n) is 6.48. The first-order valence-electron chi connectivity index (χ1n) is 11.0. The molecule has 2 heterocycles. The molecule has 0 spiro atoms. The van der Waals surface area contributed by atoms with Crippen LogP contribution in [0.15, 0.2) is 18.2 Å². The molecule has 11 nitrogen and oxygen atoms in total. The largest absolute Gasteiger partial charge is 0.394 e. The van der Waals surface area contributed by atoms with Crippen LogP contribution >= 0.6 is 0 Å². The zero-order chi connectivity index (χ0) is 24.3. The first kappa shape index (κ1) is 26.2. The van der Waals surface area contributed by atoms with Gasteiger partial charge in [0.1, 0.15) is 36.6 Å². The van der Waals surface area contributed by atoms with Crippen molar-refractivity contribution in [3.63, 3.8) is 0 Å². The van der Waals surface area contributed by atoms with Gasteiger partial charge in [0.2, 0.25) is 0 Å². The van der Waals surface area contributed by atoms with E-state index in [4.69, 9.17) is 14.2 Å². The minimum Gasteiger partial charge on any atom is -0.394 e. The number of benzene rings is 1. The first-order valence-corrected chi connectivity index (χ1v) is 11.0. The van der Waals surface area contributed by atoms with Crippen LogP contribution in [0, 0.1) is 19.8 Å². The van der Waals surface area contributed by atoms with E-state index in [1.807, 2.05) is 32.0 Å². The van der Waals surface area contributed by atoms with Crippen LogP contribution in [0.1, 0.15) is 11.1 Å². The molecule has 1 aromatic carbocycles. The molecule has 0 bridgehead atoms. The molecule has 11 heteroatoms. The second-order valence-electron chi connectivity index (χ2n) is 8.77. The number of hydrogen-bond donors (Lipinski definition) is 8. The summed E-state index contributed by atoms with van der Waals surface area (Å²) in [7, 11) is 0. The number of aliphatic hydroxyl groups is 7. The topological polar surface area (TPSA) is 181 Å². The highest BCUT2D eigenvalue weighted by atomic mass is 16.6. The van der Waals surface area contributed by atoms with Crippen molar-refractivity contribution in [1.82, 2.24) is 0 Å². The number of aliphatic hydroxyl groups excluding tert-OH is 7. The number of hydrogen-bond acceptors (Lipinski definition) is 11. The maximum Gasteiger partial charge on any atom is 0.157 e. The van der Waals surface area contributed by atoms with Gasteiger partial charge in [-0.25, -0.2) is 0 Å². The molecule has 33 heavy (non-hydrogen) atoms. The molecular weight excluding hydrogens is 438 g/mol. The molecule has 0 amide bonds. The summed E-state index contributed by atoms with van der Waals surface area (Å²) in [4.78, 5) is 0. The Kier molecular flexibility index (Phi) is 9.03. The number of rotatable bonds is 8. The van der Waals surface area contributed by atoms with Crippen LogP contribution in [0.5, 0.6) is 0 Å². The fourth-order valence-electron chi connectivity index (χ4n) is 4.16. The minimum atomic E-state index is -1.52. The number of anilines is 1. The van der Waals surface area contributed by atoms with Crippen molar-refractivity contribution >= 4 is 5.69 Å². The molecule has 0 unspecified atom stereocenters. The molecule has 2 saturated heterocycles. The standard InChI is InChI=1S/C22H35NO10/c1-10-3-4-12(5-11(10)2)23-22-21(30)17(26)13(14(6-24)33-22)8-31-9-16-19(28)20(29)18(27)15(7-25)32-16/h3-5,13-30H,6-9H2,1-2H3/t13-,14-,15-,16-,17+,18-,19+,20+,21-,22-/m1/s1. The van der Waals surface area contributed by atoms with Crippen LogP contribution in [-0.4, -0.2) is 117 Å². The average Bonchev–Trinajstić information content (AvgIpc) is 2.80. The average molecular weight is 474 g/mol. The highest BCUT2D eigenvalue weighted by Gasteiger charge is 2.46. The molecule has 0 aromatic heterocycles. The van der Waals surface area contributed by atoms with E-state index in [1.54, 1.807) is 0 Å². The molecule has 2 aliphatic heterocycles. The van der Waals surface area contributed by atoms with E-state index in [0.717, 1.165) is 11.1 Å². The highest BCUT2D eigenvalue weighted by Crippen LogP contribution is 2.29. The molecule has 0 radical (unpaired) electrons. The monoisotopic (exact) mass is 473 g/mol. The third kappa shape index (κ3) is 5.82. The van der Waals surface area contributed by atoms with Crippen molar-refractivity contribution in [3.8, 4) is 0 Å². The summed E-state index contributed by atoms with van der Waals surface area (Å²) < 4.78 is 16.7. The lowest BCUT2D eigenvalue weighted by molar-refractivity contribution is -0.245. The number of ether oxygens (including phenoxy) is 3. The van der Waals surface area contributed by atoms with Gasteiger partial charge >= 0.3 is 0 Å². The predicted molar refractivity (Wildman–Crippen MR) is 115 cm³/mol. The number of aryl methyl sites for hydroxylation is 2. The quantitative estimate of drug-likeness (QED) is 0.202. The van der Waals surface area contributed by atoms with Gasteiger partial charge in [-0.15, -0.1) is 0 Å². The summed E-state index contributed by atoms with van der Waals surface area (Å²) in [5.41, 5.74) is 2.85. The second-order valence-corrected chi connectivity index (χ2v) is 8.77. The molecular formula is C22H35NO10. The van der Waals surface area contributed by atoms with Gasteiger partial charge in [0, 0.05) is 11.6 Å². The molecule has 2 fully saturated rings. The van der Waals surface area contributed by atoms with E-state index >= 15 is 0 Å². The summed E-state index contributed by atoms with van der Waals surface area (Å²) >= 11 is 0. The fraction of sp³-hybridized carbons (Fsp3) is 0.727. The Balaban J connectivity index is 1.58. The Morgan fingerprint density at radius 1 is 0.758 bits per heavy atom. The first-order chi connectivity index (χ1) is 15.7. The van der Waals surface area contributed by atoms with Gasteiger partial charge in [-0.1, -0.05) is 6.07 Å². The Morgan fingerprint density at radius 3 is 2.06 bits per heavy atom. The van der Waals surface area contributed by atoms with Crippen molar-refractivity contribution in [1.29, 1.82) is 0 Å². The molecule has 1 aromatic rings. The maximum atomic E-state index is 10.7. The van der Waals surface area contributed by atoms with Gasteiger partial charge in [0.05, 0.1) is 38.6 Å². The maximum absolute atomic E-state index is 10.7. The zero-order valence-electron chi connectivity index (χ0n) is 18.7. The fourth-order valence-corrected chi connectivity index (χ4v) is 4.16. The number of nitrogens with one attached hydrogen (secondary N) is 1. The van der Waals surface area contributed by atoms with Crippen molar-refractivity contribution in [2.75, 3.05) is 31.7 Å². The summed E-state index contributed by atoms with van der Waals surface area (Å²) in [6.07, 6.45) is -10.9. The van der Waals surface area contributed by atoms with Crippen molar-refractivity contribution in [3.05, 3.63) is 29.3 Å². The summed E-state index contributed by atoms with van der Waals surface area (Å²) in [5, 5.41) is 73.2. The van der Waals surface area contributed by atoms with E-state index in [0.29, 0.717) is 5.69 Å². The van der Waals surface area contributed by atoms with Gasteiger partial charge in [-0.3, -0.25) is 0 Å². The van der Waals surface area contributed by atoms with Crippen LogP contribution < -0.4 is 5.32 Å². The molecule has 0 saturated carbocycles. The second kappa shape index (κ2) is 11.4. The van der Waals surface area contributed by atoms with E-state index in [1.165, 1.54) is 0 Å². The minimum absolute atomic E-state index is 0.144. The van der Waals surface area contributed by atoms with Crippen molar-refractivity contribution in [2.24, 2.45) is 5.92 Å². The van der Waals surface area contributed by atoms with E-state index in [2.05, 4.69) is 5.32 Å². The lowest BCUT2D eigenvalue weighted by atomic mass is 9.89. The van der Waals surface area contributed by atoms with E-state index in [9.17, 15) is 35.7 Å². The predicted octanol–water partition coefficient (Wildman–Crippen LogP) is -2.37. The molecule has 0 aliphatic carbocycles. The molecule has 3 rings (SSSR count). The Labute approximate surface area is 192 Å². The normalized spacial score (nSPS) is 39.4. The molecule has 10 atom stereocenters. The Morgan fingerprint density at radius 2 is 1.42 bits per heavy atom. The lowest BCUT2D eigenvalue weighted by Crippen LogP contribution is -2.60. The van der Waals surface area contributed by atoms with Crippen LogP contribution in [0.25, 0.3) is 0 Å². The molecule has 188 valence electrons. The zero-order valence-corrected chi connectivity index (χ0v) is 18.7. The summed E-state index contributed by atoms with van der Waals surface area (Å²) in [5.74, 6) is -0.785. The van der Waals surface area contributed by atoms with Gasteiger partial charge in [-0.2, -0.15) is 0 Å². The van der Waals surface area contributed by atoms with Crippen molar-refractivity contribution < 1.29 is 50.0 Å². The Hall–Kier alpha value is -1.38.